The van der Waals surface area contributed by atoms with Crippen LogP contribution < -0.4 is 14.8 Å². The number of rotatable bonds is 5. The van der Waals surface area contributed by atoms with Crippen LogP contribution in [0.5, 0.6) is 11.5 Å². The summed E-state index contributed by atoms with van der Waals surface area (Å²) in [5.74, 6) is 1.26. The van der Waals surface area contributed by atoms with Gasteiger partial charge in [-0.3, -0.25) is 4.79 Å². The molecule has 2 aliphatic heterocycles. The lowest BCUT2D eigenvalue weighted by molar-refractivity contribution is 0.0424. The minimum Gasteiger partial charge on any atom is -0.493 e. The number of anilines is 1. The van der Waals surface area contributed by atoms with Gasteiger partial charge in [0.15, 0.2) is 11.5 Å². The Labute approximate surface area is 159 Å². The molecule has 142 valence electrons. The SMILES string of the molecule is COc1cccc([C@@H]2Nc3ccccc3C(=O)N2C[C@@H]2CCCO2)c1OC. The molecule has 0 bridgehead atoms. The maximum atomic E-state index is 13.3. The van der Waals surface area contributed by atoms with E-state index in [1.807, 2.05) is 47.4 Å². The molecule has 1 N–H and O–H groups in total. The van der Waals surface area contributed by atoms with Crippen molar-refractivity contribution in [3.05, 3.63) is 53.6 Å². The van der Waals surface area contributed by atoms with Crippen LogP contribution in [-0.2, 0) is 4.74 Å². The largest absolute Gasteiger partial charge is 0.493 e. The van der Waals surface area contributed by atoms with Crippen LogP contribution in [0.3, 0.4) is 0 Å². The molecule has 2 atom stereocenters. The van der Waals surface area contributed by atoms with E-state index in [9.17, 15) is 4.79 Å². The molecule has 6 nitrogen and oxygen atoms in total. The van der Waals surface area contributed by atoms with E-state index in [4.69, 9.17) is 14.2 Å². The molecule has 0 aliphatic carbocycles. The van der Waals surface area contributed by atoms with Crippen molar-refractivity contribution >= 4 is 11.6 Å². The van der Waals surface area contributed by atoms with Crippen LogP contribution in [-0.4, -0.2) is 44.3 Å². The molecule has 1 saturated heterocycles. The molecule has 4 rings (SSSR count). The van der Waals surface area contributed by atoms with Crippen molar-refractivity contribution in [2.75, 3.05) is 32.7 Å². The van der Waals surface area contributed by atoms with Crippen LogP contribution in [0.4, 0.5) is 5.69 Å². The van der Waals surface area contributed by atoms with Gasteiger partial charge in [-0.05, 0) is 31.0 Å². The van der Waals surface area contributed by atoms with Crippen LogP contribution in [0.15, 0.2) is 42.5 Å². The van der Waals surface area contributed by atoms with Gasteiger partial charge in [-0.1, -0.05) is 24.3 Å². The van der Waals surface area contributed by atoms with Crippen molar-refractivity contribution < 1.29 is 19.0 Å². The van der Waals surface area contributed by atoms with Gasteiger partial charge in [0.1, 0.15) is 6.17 Å². The van der Waals surface area contributed by atoms with Gasteiger partial charge < -0.3 is 24.4 Å². The third-order valence-electron chi connectivity index (χ3n) is 5.17. The van der Waals surface area contributed by atoms with Crippen LogP contribution >= 0.6 is 0 Å². The zero-order valence-electron chi connectivity index (χ0n) is 15.6. The Morgan fingerprint density at radius 3 is 2.74 bits per heavy atom. The van der Waals surface area contributed by atoms with Gasteiger partial charge in [-0.15, -0.1) is 0 Å². The summed E-state index contributed by atoms with van der Waals surface area (Å²) >= 11 is 0. The maximum Gasteiger partial charge on any atom is 0.257 e. The van der Waals surface area contributed by atoms with Gasteiger partial charge in [-0.25, -0.2) is 0 Å². The lowest BCUT2D eigenvalue weighted by Gasteiger charge is -2.39. The van der Waals surface area contributed by atoms with Gasteiger partial charge >= 0.3 is 0 Å². The molecule has 2 aromatic carbocycles. The molecule has 0 spiro atoms. The monoisotopic (exact) mass is 368 g/mol. The number of carbonyl (C=O) groups is 1. The molecule has 2 heterocycles. The zero-order chi connectivity index (χ0) is 18.8. The number of nitrogens with zero attached hydrogens (tertiary/aromatic N) is 1. The minimum absolute atomic E-state index is 0.00489. The van der Waals surface area contributed by atoms with Crippen molar-refractivity contribution in [3.8, 4) is 11.5 Å². The molecule has 2 aromatic rings. The van der Waals surface area contributed by atoms with Crippen LogP contribution in [0.1, 0.15) is 34.9 Å². The topological polar surface area (TPSA) is 60.0 Å². The smallest absolute Gasteiger partial charge is 0.257 e. The summed E-state index contributed by atoms with van der Waals surface area (Å²) in [6.07, 6.45) is 1.69. The van der Waals surface area contributed by atoms with Crippen LogP contribution in [0, 0.1) is 0 Å². The van der Waals surface area contributed by atoms with E-state index in [2.05, 4.69) is 5.32 Å². The number of ether oxygens (including phenoxy) is 3. The highest BCUT2D eigenvalue weighted by molar-refractivity contribution is 6.01. The summed E-state index contributed by atoms with van der Waals surface area (Å²) in [5.41, 5.74) is 2.35. The fraction of sp³-hybridized carbons (Fsp3) is 0.381. The first-order chi connectivity index (χ1) is 13.2. The second kappa shape index (κ2) is 7.48. The number of carbonyl (C=O) groups excluding carboxylic acids is 1. The first-order valence-electron chi connectivity index (χ1n) is 9.22. The van der Waals surface area contributed by atoms with Crippen LogP contribution in [0.25, 0.3) is 0 Å². The quantitative estimate of drug-likeness (QED) is 0.876. The van der Waals surface area contributed by atoms with E-state index in [0.29, 0.717) is 23.6 Å². The Morgan fingerprint density at radius 1 is 1.15 bits per heavy atom. The number of amides is 1. The van der Waals surface area contributed by atoms with Gasteiger partial charge in [0, 0.05) is 24.4 Å². The lowest BCUT2D eigenvalue weighted by atomic mass is 10.0. The van der Waals surface area contributed by atoms with Crippen molar-refractivity contribution in [2.24, 2.45) is 0 Å². The second-order valence-corrected chi connectivity index (χ2v) is 6.77. The van der Waals surface area contributed by atoms with E-state index >= 15 is 0 Å². The summed E-state index contributed by atoms with van der Waals surface area (Å²) in [7, 11) is 3.23. The van der Waals surface area contributed by atoms with Crippen molar-refractivity contribution in [1.29, 1.82) is 0 Å². The summed E-state index contributed by atoms with van der Waals surface area (Å²) in [6.45, 7) is 1.29. The fourth-order valence-electron chi connectivity index (χ4n) is 3.86. The number of methoxy groups -OCH3 is 2. The fourth-order valence-corrected chi connectivity index (χ4v) is 3.86. The first-order valence-corrected chi connectivity index (χ1v) is 9.22. The predicted octanol–water partition coefficient (Wildman–Crippen LogP) is 3.45. The molecule has 0 aromatic heterocycles. The highest BCUT2D eigenvalue weighted by Crippen LogP contribution is 2.41. The van der Waals surface area contributed by atoms with Gasteiger partial charge in [-0.2, -0.15) is 0 Å². The van der Waals surface area contributed by atoms with Crippen LogP contribution in [0.2, 0.25) is 0 Å². The second-order valence-electron chi connectivity index (χ2n) is 6.77. The Balaban J connectivity index is 1.77. The minimum atomic E-state index is -0.360. The molecule has 27 heavy (non-hydrogen) atoms. The maximum absolute atomic E-state index is 13.3. The Morgan fingerprint density at radius 2 is 2.00 bits per heavy atom. The lowest BCUT2D eigenvalue weighted by Crippen LogP contribution is -2.46. The summed E-state index contributed by atoms with van der Waals surface area (Å²) in [6, 6.07) is 13.3. The van der Waals surface area contributed by atoms with E-state index < -0.39 is 0 Å². The predicted molar refractivity (Wildman–Crippen MR) is 102 cm³/mol. The van der Waals surface area contributed by atoms with Gasteiger partial charge in [0.25, 0.3) is 5.91 Å². The summed E-state index contributed by atoms with van der Waals surface area (Å²) in [4.78, 5) is 15.1. The van der Waals surface area contributed by atoms with E-state index in [1.54, 1.807) is 14.2 Å². The molecule has 0 saturated carbocycles. The van der Waals surface area contributed by atoms with Gasteiger partial charge in [0.2, 0.25) is 0 Å². The normalized spacial score (nSPS) is 21.6. The number of fused-ring (bicyclic) bond motifs is 1. The molecule has 1 fully saturated rings. The average molecular weight is 368 g/mol. The molecule has 0 unspecified atom stereocenters. The molecular weight excluding hydrogens is 344 g/mol. The highest BCUT2D eigenvalue weighted by atomic mass is 16.5. The molecule has 6 heteroatoms. The van der Waals surface area contributed by atoms with Crippen molar-refractivity contribution in [3.63, 3.8) is 0 Å². The highest BCUT2D eigenvalue weighted by Gasteiger charge is 2.36. The Kier molecular flexibility index (Phi) is 4.90. The number of nitrogens with one attached hydrogen (secondary N) is 1. The standard InChI is InChI=1S/C21H24N2O4/c1-25-18-11-5-9-16(19(18)26-2)20-22-17-10-4-3-8-15(17)21(24)23(20)13-14-7-6-12-27-14/h3-5,8-11,14,20,22H,6-7,12-13H2,1-2H3/t14-,20+/m0/s1. The van der Waals surface area contributed by atoms with E-state index in [-0.39, 0.29) is 18.2 Å². The molecule has 1 amide bonds. The Hall–Kier alpha value is -2.73. The van der Waals surface area contributed by atoms with Gasteiger partial charge in [0.05, 0.1) is 25.9 Å². The third kappa shape index (κ3) is 3.21. The van der Waals surface area contributed by atoms with Crippen molar-refractivity contribution in [2.45, 2.75) is 25.1 Å². The molecule has 0 radical (unpaired) electrons. The number of benzene rings is 2. The molecule has 2 aliphatic rings. The third-order valence-corrected chi connectivity index (χ3v) is 5.17. The number of para-hydroxylation sites is 2. The van der Waals surface area contributed by atoms with E-state index in [0.717, 1.165) is 30.7 Å². The zero-order valence-corrected chi connectivity index (χ0v) is 15.6. The molecular formula is C21H24N2O4. The van der Waals surface area contributed by atoms with E-state index in [1.165, 1.54) is 0 Å². The first kappa shape index (κ1) is 17.7. The average Bonchev–Trinajstić information content (AvgIpc) is 3.22. The van der Waals surface area contributed by atoms with Crippen molar-refractivity contribution in [1.82, 2.24) is 4.90 Å². The summed E-state index contributed by atoms with van der Waals surface area (Å²) in [5, 5.41) is 3.51. The number of hydrogen-bond donors (Lipinski definition) is 1. The number of hydrogen-bond acceptors (Lipinski definition) is 5. The Bertz CT molecular complexity index is 833. The summed E-state index contributed by atoms with van der Waals surface area (Å²) < 4.78 is 16.9.